The molecule has 0 saturated heterocycles. The van der Waals surface area contributed by atoms with E-state index in [-0.39, 0.29) is 17.1 Å². The lowest BCUT2D eigenvalue weighted by Crippen LogP contribution is -2.52. The Morgan fingerprint density at radius 1 is 0.880 bits per heavy atom. The van der Waals surface area contributed by atoms with Crippen LogP contribution in [0.25, 0.3) is 0 Å². The van der Waals surface area contributed by atoms with Gasteiger partial charge in [0, 0.05) is 11.6 Å². The summed E-state index contributed by atoms with van der Waals surface area (Å²) in [6.45, 7) is 0. The molecule has 7 nitrogen and oxygen atoms in total. The zero-order valence-corrected chi connectivity index (χ0v) is 12.7. The first-order valence-electron chi connectivity index (χ1n) is 6.90. The van der Waals surface area contributed by atoms with Gasteiger partial charge in [-0.25, -0.2) is 8.78 Å². The molecule has 130 valence electrons. The van der Waals surface area contributed by atoms with Crippen molar-refractivity contribution in [1.29, 1.82) is 0 Å². The predicted molar refractivity (Wildman–Crippen MR) is 82.5 cm³/mol. The molecular weight excluding hydrogens is 336 g/mol. The number of hydrogen-bond donors (Lipinski definition) is 3. The predicted octanol–water partition coefficient (Wildman–Crippen LogP) is 0.826. The van der Waals surface area contributed by atoms with Gasteiger partial charge in [-0.15, -0.1) is 0 Å². The number of benzene rings is 2. The Kier molecular flexibility index (Phi) is 5.28. The van der Waals surface area contributed by atoms with Crippen LogP contribution in [0.1, 0.15) is 10.4 Å². The molecule has 0 fully saturated rings. The molecule has 0 atom stereocenters. The number of halogens is 2. The number of nitrogens with one attached hydrogen (secondary N) is 1. The van der Waals surface area contributed by atoms with Crippen molar-refractivity contribution in [3.05, 3.63) is 59.7 Å². The van der Waals surface area contributed by atoms with Crippen LogP contribution in [0.3, 0.4) is 0 Å². The molecule has 2 rings (SSSR count). The molecule has 0 aromatic heterocycles. The van der Waals surface area contributed by atoms with Gasteiger partial charge < -0.3 is 21.5 Å². The van der Waals surface area contributed by atoms with Crippen molar-refractivity contribution >= 4 is 17.7 Å². The smallest absolute Gasteiger partial charge is 0.252 e. The number of ether oxygens (including phenoxy) is 1. The first kappa shape index (κ1) is 17.9. The highest BCUT2D eigenvalue weighted by Gasteiger charge is 2.24. The fourth-order valence-corrected chi connectivity index (χ4v) is 1.85. The fourth-order valence-electron chi connectivity index (χ4n) is 1.85. The number of hydrogen-bond acceptors (Lipinski definition) is 4. The summed E-state index contributed by atoms with van der Waals surface area (Å²) in [7, 11) is 0. The van der Waals surface area contributed by atoms with Gasteiger partial charge >= 0.3 is 0 Å². The molecule has 2 aromatic carbocycles. The van der Waals surface area contributed by atoms with Gasteiger partial charge in [0.25, 0.3) is 5.91 Å². The van der Waals surface area contributed by atoms with E-state index >= 15 is 0 Å². The van der Waals surface area contributed by atoms with Crippen molar-refractivity contribution in [3.63, 3.8) is 0 Å². The van der Waals surface area contributed by atoms with Crippen LogP contribution in [0.15, 0.2) is 42.5 Å². The highest BCUT2D eigenvalue weighted by atomic mass is 19.2. The lowest BCUT2D eigenvalue weighted by atomic mass is 10.1. The van der Waals surface area contributed by atoms with E-state index in [1.165, 1.54) is 30.3 Å². The van der Waals surface area contributed by atoms with Crippen molar-refractivity contribution in [3.8, 4) is 11.5 Å². The van der Waals surface area contributed by atoms with Gasteiger partial charge in [-0.1, -0.05) is 0 Å². The maximum atomic E-state index is 13.1. The van der Waals surface area contributed by atoms with Crippen molar-refractivity contribution in [2.24, 2.45) is 11.5 Å². The fraction of sp³-hybridized carbons (Fsp3) is 0.0625. The van der Waals surface area contributed by atoms with E-state index in [1.54, 1.807) is 0 Å². The molecular formula is C16H13F2N3O4. The minimum absolute atomic E-state index is 0.0682. The van der Waals surface area contributed by atoms with Crippen molar-refractivity contribution in [2.75, 3.05) is 0 Å². The maximum Gasteiger partial charge on any atom is 0.252 e. The van der Waals surface area contributed by atoms with Crippen LogP contribution in [0.4, 0.5) is 8.78 Å². The zero-order valence-electron chi connectivity index (χ0n) is 12.7. The van der Waals surface area contributed by atoms with Crippen molar-refractivity contribution in [1.82, 2.24) is 5.32 Å². The second-order valence-electron chi connectivity index (χ2n) is 4.91. The van der Waals surface area contributed by atoms with E-state index in [0.717, 1.165) is 12.1 Å². The van der Waals surface area contributed by atoms with E-state index in [9.17, 15) is 23.2 Å². The minimum Gasteiger partial charge on any atom is -0.457 e. The Hall–Kier alpha value is -3.49. The number of primary amides is 2. The quantitative estimate of drug-likeness (QED) is 0.668. The van der Waals surface area contributed by atoms with E-state index in [2.05, 4.69) is 5.32 Å². The van der Waals surface area contributed by atoms with Crippen LogP contribution in [-0.4, -0.2) is 23.8 Å². The van der Waals surface area contributed by atoms with E-state index in [1.807, 2.05) is 0 Å². The Bertz CT molecular complexity index is 811. The summed E-state index contributed by atoms with van der Waals surface area (Å²) < 4.78 is 31.3. The topological polar surface area (TPSA) is 125 Å². The summed E-state index contributed by atoms with van der Waals surface area (Å²) in [6, 6.07) is 6.85. The van der Waals surface area contributed by atoms with Gasteiger partial charge in [-0.05, 0) is 36.4 Å². The van der Waals surface area contributed by atoms with Crippen molar-refractivity contribution in [2.45, 2.75) is 6.04 Å². The van der Waals surface area contributed by atoms with Crippen LogP contribution >= 0.6 is 0 Å². The third-order valence-electron chi connectivity index (χ3n) is 3.09. The van der Waals surface area contributed by atoms with E-state index in [4.69, 9.17) is 16.2 Å². The molecule has 2 aromatic rings. The zero-order chi connectivity index (χ0) is 18.6. The average Bonchev–Trinajstić information content (AvgIpc) is 2.56. The second kappa shape index (κ2) is 7.39. The summed E-state index contributed by atoms with van der Waals surface area (Å²) in [5.41, 5.74) is 10.0. The van der Waals surface area contributed by atoms with Gasteiger partial charge in [0.05, 0.1) is 0 Å². The molecule has 0 radical (unpaired) electrons. The highest BCUT2D eigenvalue weighted by molar-refractivity contribution is 6.08. The SMILES string of the molecule is NC(=O)C(NC(=O)c1ccc(Oc2ccc(F)c(F)c2)cc1)C(N)=O. The summed E-state index contributed by atoms with van der Waals surface area (Å²) >= 11 is 0. The van der Waals surface area contributed by atoms with Crippen molar-refractivity contribution < 1.29 is 27.9 Å². The summed E-state index contributed by atoms with van der Waals surface area (Å²) in [4.78, 5) is 34.0. The van der Waals surface area contributed by atoms with Gasteiger partial charge in [0.1, 0.15) is 11.5 Å². The largest absolute Gasteiger partial charge is 0.457 e. The lowest BCUT2D eigenvalue weighted by Gasteiger charge is -2.12. The molecule has 0 bridgehead atoms. The van der Waals surface area contributed by atoms with Crippen LogP contribution in [0.2, 0.25) is 0 Å². The Labute approximate surface area is 140 Å². The number of carbonyl (C=O) groups excluding carboxylic acids is 3. The summed E-state index contributed by atoms with van der Waals surface area (Å²) in [6.07, 6.45) is 0. The van der Waals surface area contributed by atoms with E-state index < -0.39 is 35.4 Å². The molecule has 0 aliphatic rings. The van der Waals surface area contributed by atoms with Crippen LogP contribution in [-0.2, 0) is 9.59 Å². The number of carbonyl (C=O) groups is 3. The molecule has 0 aliphatic heterocycles. The third kappa shape index (κ3) is 4.50. The molecule has 0 heterocycles. The maximum absolute atomic E-state index is 13.1. The third-order valence-corrected chi connectivity index (χ3v) is 3.09. The summed E-state index contributed by atoms with van der Waals surface area (Å²) in [5.74, 6) is -4.65. The molecule has 0 aliphatic carbocycles. The number of rotatable bonds is 6. The number of nitrogens with two attached hydrogens (primary N) is 2. The van der Waals surface area contributed by atoms with Crippen LogP contribution in [0.5, 0.6) is 11.5 Å². The van der Waals surface area contributed by atoms with Crippen LogP contribution in [0, 0.1) is 11.6 Å². The number of amides is 3. The van der Waals surface area contributed by atoms with Gasteiger partial charge in [0.2, 0.25) is 11.8 Å². The Morgan fingerprint density at radius 2 is 1.44 bits per heavy atom. The highest BCUT2D eigenvalue weighted by Crippen LogP contribution is 2.23. The molecule has 0 unspecified atom stereocenters. The second-order valence-corrected chi connectivity index (χ2v) is 4.91. The minimum atomic E-state index is -1.63. The molecule has 9 heteroatoms. The standard InChI is InChI=1S/C16H13F2N3O4/c17-11-6-5-10(7-12(11)18)25-9-3-1-8(2-4-9)16(24)21-13(14(19)22)15(20)23/h1-7,13H,(H2,19,22)(H2,20,23)(H,21,24). The average molecular weight is 349 g/mol. The summed E-state index contributed by atoms with van der Waals surface area (Å²) in [5, 5.41) is 2.09. The molecule has 0 saturated carbocycles. The van der Waals surface area contributed by atoms with E-state index in [0.29, 0.717) is 0 Å². The molecule has 0 spiro atoms. The first-order valence-corrected chi connectivity index (χ1v) is 6.90. The lowest BCUT2D eigenvalue weighted by molar-refractivity contribution is -0.128. The van der Waals surface area contributed by atoms with Gasteiger partial charge in [-0.3, -0.25) is 14.4 Å². The normalized spacial score (nSPS) is 10.4. The Morgan fingerprint density at radius 3 is 1.96 bits per heavy atom. The molecule has 25 heavy (non-hydrogen) atoms. The first-order chi connectivity index (χ1) is 11.8. The molecule has 5 N–H and O–H groups in total. The molecule has 3 amide bonds. The van der Waals surface area contributed by atoms with Gasteiger partial charge in [-0.2, -0.15) is 0 Å². The monoisotopic (exact) mass is 349 g/mol. The van der Waals surface area contributed by atoms with Crippen LogP contribution < -0.4 is 21.5 Å². The Balaban J connectivity index is 2.08. The van der Waals surface area contributed by atoms with Gasteiger partial charge in [0.15, 0.2) is 17.7 Å².